The van der Waals surface area contributed by atoms with E-state index in [1.165, 1.54) is 16.7 Å². The van der Waals surface area contributed by atoms with Gasteiger partial charge in [0.05, 0.1) is 12.3 Å². The SMILES string of the molecule is Cc1cc(C)cc(Cc2nccc(CO)n2)c1. The largest absolute Gasteiger partial charge is 0.390 e. The number of nitrogens with zero attached hydrogens (tertiary/aromatic N) is 2. The number of aliphatic hydroxyl groups is 1. The van der Waals surface area contributed by atoms with E-state index in [0.29, 0.717) is 12.1 Å². The van der Waals surface area contributed by atoms with Crippen LogP contribution in [-0.2, 0) is 13.0 Å². The summed E-state index contributed by atoms with van der Waals surface area (Å²) in [6, 6.07) is 8.16. The van der Waals surface area contributed by atoms with Crippen LogP contribution in [-0.4, -0.2) is 15.1 Å². The Labute approximate surface area is 101 Å². The molecule has 0 aliphatic carbocycles. The van der Waals surface area contributed by atoms with Crippen LogP contribution >= 0.6 is 0 Å². The van der Waals surface area contributed by atoms with Crippen LogP contribution < -0.4 is 0 Å². The normalized spacial score (nSPS) is 10.5. The van der Waals surface area contributed by atoms with E-state index in [4.69, 9.17) is 5.11 Å². The maximum atomic E-state index is 9.03. The van der Waals surface area contributed by atoms with Crippen molar-refractivity contribution >= 4 is 0 Å². The van der Waals surface area contributed by atoms with Crippen LogP contribution in [0.25, 0.3) is 0 Å². The molecule has 17 heavy (non-hydrogen) atoms. The molecule has 0 bridgehead atoms. The van der Waals surface area contributed by atoms with Gasteiger partial charge in [0.15, 0.2) is 0 Å². The van der Waals surface area contributed by atoms with E-state index in [0.717, 1.165) is 5.82 Å². The summed E-state index contributed by atoms with van der Waals surface area (Å²) >= 11 is 0. The number of aryl methyl sites for hydroxylation is 2. The fourth-order valence-corrected chi connectivity index (χ4v) is 1.97. The highest BCUT2D eigenvalue weighted by atomic mass is 16.3. The first kappa shape index (κ1) is 11.7. The molecule has 0 aliphatic rings. The third-order valence-corrected chi connectivity index (χ3v) is 2.57. The molecule has 3 heteroatoms. The molecule has 0 unspecified atom stereocenters. The Balaban J connectivity index is 2.24. The quantitative estimate of drug-likeness (QED) is 0.875. The zero-order valence-corrected chi connectivity index (χ0v) is 10.1. The molecule has 88 valence electrons. The van der Waals surface area contributed by atoms with E-state index in [2.05, 4.69) is 42.0 Å². The first-order chi connectivity index (χ1) is 8.17. The second kappa shape index (κ2) is 5.06. The summed E-state index contributed by atoms with van der Waals surface area (Å²) < 4.78 is 0. The minimum atomic E-state index is -0.0393. The van der Waals surface area contributed by atoms with Crippen molar-refractivity contribution in [3.63, 3.8) is 0 Å². The van der Waals surface area contributed by atoms with Crippen molar-refractivity contribution < 1.29 is 5.11 Å². The Bertz CT molecular complexity index is 503. The van der Waals surface area contributed by atoms with E-state index in [1.54, 1.807) is 12.3 Å². The van der Waals surface area contributed by atoms with Gasteiger partial charge >= 0.3 is 0 Å². The van der Waals surface area contributed by atoms with Gasteiger partial charge in [0, 0.05) is 12.6 Å². The zero-order valence-electron chi connectivity index (χ0n) is 10.1. The minimum Gasteiger partial charge on any atom is -0.390 e. The fourth-order valence-electron chi connectivity index (χ4n) is 1.97. The molecule has 1 aromatic heterocycles. The third kappa shape index (κ3) is 3.11. The number of aliphatic hydroxyl groups excluding tert-OH is 1. The van der Waals surface area contributed by atoms with Crippen molar-refractivity contribution in [3.05, 3.63) is 58.7 Å². The lowest BCUT2D eigenvalue weighted by atomic mass is 10.0. The zero-order chi connectivity index (χ0) is 12.3. The summed E-state index contributed by atoms with van der Waals surface area (Å²) in [6.45, 7) is 4.13. The second-order valence-corrected chi connectivity index (χ2v) is 4.30. The summed E-state index contributed by atoms with van der Waals surface area (Å²) in [4.78, 5) is 8.50. The summed E-state index contributed by atoms with van der Waals surface area (Å²) in [5.41, 5.74) is 4.37. The van der Waals surface area contributed by atoms with E-state index in [-0.39, 0.29) is 6.61 Å². The van der Waals surface area contributed by atoms with Crippen molar-refractivity contribution in [2.24, 2.45) is 0 Å². The maximum absolute atomic E-state index is 9.03. The van der Waals surface area contributed by atoms with Crippen molar-refractivity contribution in [2.75, 3.05) is 0 Å². The molecule has 1 N–H and O–H groups in total. The number of hydrogen-bond donors (Lipinski definition) is 1. The standard InChI is InChI=1S/C14H16N2O/c1-10-5-11(2)7-12(6-10)8-14-15-4-3-13(9-17)16-14/h3-7,17H,8-9H2,1-2H3. The average molecular weight is 228 g/mol. The molecule has 0 amide bonds. The van der Waals surface area contributed by atoms with Crippen molar-refractivity contribution in [1.29, 1.82) is 0 Å². The monoisotopic (exact) mass is 228 g/mol. The van der Waals surface area contributed by atoms with Gasteiger partial charge in [-0.1, -0.05) is 29.3 Å². The van der Waals surface area contributed by atoms with Gasteiger partial charge in [-0.2, -0.15) is 0 Å². The second-order valence-electron chi connectivity index (χ2n) is 4.30. The molecular weight excluding hydrogens is 212 g/mol. The Morgan fingerprint density at radius 3 is 2.47 bits per heavy atom. The number of benzene rings is 1. The van der Waals surface area contributed by atoms with Crippen molar-refractivity contribution in [3.8, 4) is 0 Å². The molecule has 0 radical (unpaired) electrons. The highest BCUT2D eigenvalue weighted by molar-refractivity contribution is 5.30. The van der Waals surface area contributed by atoms with Crippen LogP contribution in [0, 0.1) is 13.8 Å². The van der Waals surface area contributed by atoms with E-state index < -0.39 is 0 Å². The molecule has 0 fully saturated rings. The molecule has 1 aromatic carbocycles. The molecule has 0 saturated carbocycles. The van der Waals surface area contributed by atoms with Gasteiger partial charge in [0.1, 0.15) is 5.82 Å². The summed E-state index contributed by atoms with van der Waals surface area (Å²) in [5, 5.41) is 9.03. The molecule has 0 spiro atoms. The number of hydrogen-bond acceptors (Lipinski definition) is 3. The smallest absolute Gasteiger partial charge is 0.132 e. The van der Waals surface area contributed by atoms with Gasteiger partial charge in [-0.3, -0.25) is 0 Å². The third-order valence-electron chi connectivity index (χ3n) is 2.57. The van der Waals surface area contributed by atoms with E-state index in [1.807, 2.05) is 0 Å². The Morgan fingerprint density at radius 1 is 1.12 bits per heavy atom. The molecule has 0 atom stereocenters. The van der Waals surface area contributed by atoms with Crippen LogP contribution in [0.15, 0.2) is 30.5 Å². The molecule has 2 aromatic rings. The van der Waals surface area contributed by atoms with E-state index >= 15 is 0 Å². The van der Waals surface area contributed by atoms with Gasteiger partial charge in [0.2, 0.25) is 0 Å². The minimum absolute atomic E-state index is 0.0393. The van der Waals surface area contributed by atoms with Crippen molar-refractivity contribution in [1.82, 2.24) is 9.97 Å². The molecule has 1 heterocycles. The molecule has 0 aliphatic heterocycles. The highest BCUT2D eigenvalue weighted by Crippen LogP contribution is 2.12. The Morgan fingerprint density at radius 2 is 1.82 bits per heavy atom. The lowest BCUT2D eigenvalue weighted by Gasteiger charge is -2.05. The fraction of sp³-hybridized carbons (Fsp3) is 0.286. The van der Waals surface area contributed by atoms with Crippen LogP contribution in [0.4, 0.5) is 0 Å². The lowest BCUT2D eigenvalue weighted by Crippen LogP contribution is -2.00. The molecular formula is C14H16N2O. The molecule has 2 rings (SSSR count). The van der Waals surface area contributed by atoms with Gasteiger partial charge in [-0.15, -0.1) is 0 Å². The lowest BCUT2D eigenvalue weighted by molar-refractivity contribution is 0.276. The van der Waals surface area contributed by atoms with Crippen LogP contribution in [0.2, 0.25) is 0 Å². The topological polar surface area (TPSA) is 46.0 Å². The van der Waals surface area contributed by atoms with Crippen LogP contribution in [0.1, 0.15) is 28.2 Å². The summed E-state index contributed by atoms with van der Waals surface area (Å²) in [5.74, 6) is 0.751. The number of aromatic nitrogens is 2. The predicted octanol–water partition coefficient (Wildman–Crippen LogP) is 2.18. The Kier molecular flexibility index (Phi) is 3.49. The summed E-state index contributed by atoms with van der Waals surface area (Å²) in [6.07, 6.45) is 2.40. The van der Waals surface area contributed by atoms with Gasteiger partial charge in [-0.05, 0) is 25.5 Å². The number of rotatable bonds is 3. The van der Waals surface area contributed by atoms with E-state index in [9.17, 15) is 0 Å². The summed E-state index contributed by atoms with van der Waals surface area (Å²) in [7, 11) is 0. The highest BCUT2D eigenvalue weighted by Gasteiger charge is 2.02. The van der Waals surface area contributed by atoms with Gasteiger partial charge < -0.3 is 5.11 Å². The molecule has 3 nitrogen and oxygen atoms in total. The van der Waals surface area contributed by atoms with Gasteiger partial charge in [-0.25, -0.2) is 9.97 Å². The first-order valence-corrected chi connectivity index (χ1v) is 5.66. The van der Waals surface area contributed by atoms with Crippen molar-refractivity contribution in [2.45, 2.75) is 26.9 Å². The first-order valence-electron chi connectivity index (χ1n) is 5.66. The Hall–Kier alpha value is -1.74. The average Bonchev–Trinajstić information content (AvgIpc) is 2.28. The molecule has 0 saturated heterocycles. The maximum Gasteiger partial charge on any atom is 0.132 e. The van der Waals surface area contributed by atoms with Crippen LogP contribution in [0.3, 0.4) is 0 Å². The predicted molar refractivity (Wildman–Crippen MR) is 66.7 cm³/mol. The van der Waals surface area contributed by atoms with Crippen LogP contribution in [0.5, 0.6) is 0 Å². The van der Waals surface area contributed by atoms with Gasteiger partial charge in [0.25, 0.3) is 0 Å².